The largest absolute Gasteiger partial charge is 0.480 e. The zero-order valence-corrected chi connectivity index (χ0v) is 14.5. The first kappa shape index (κ1) is 18.6. The van der Waals surface area contributed by atoms with Crippen LogP contribution in [0.25, 0.3) is 11.8 Å². The van der Waals surface area contributed by atoms with Crippen LogP contribution in [0, 0.1) is 0 Å². The van der Waals surface area contributed by atoms with Crippen LogP contribution in [0.3, 0.4) is 0 Å². The third-order valence-electron chi connectivity index (χ3n) is 3.79. The summed E-state index contributed by atoms with van der Waals surface area (Å²) in [5.74, 6) is -2.07. The number of carboxylic acid groups (broad SMARTS) is 1. The highest BCUT2D eigenvalue weighted by atomic mass is 31.2. The summed E-state index contributed by atoms with van der Waals surface area (Å²) >= 11 is 0. The molecule has 140 valence electrons. The van der Waals surface area contributed by atoms with Crippen molar-refractivity contribution >= 4 is 36.9 Å². The van der Waals surface area contributed by atoms with Crippen LogP contribution in [0.5, 0.6) is 0 Å². The Bertz CT molecular complexity index is 1000. The Kier molecular flexibility index (Phi) is 4.71. The summed E-state index contributed by atoms with van der Waals surface area (Å²) in [5, 5.41) is 11.0. The molecule has 10 nitrogen and oxygen atoms in total. The van der Waals surface area contributed by atoms with Gasteiger partial charge in [-0.05, 0) is 42.5 Å². The number of urea groups is 1. The van der Waals surface area contributed by atoms with Crippen molar-refractivity contribution in [1.29, 1.82) is 0 Å². The highest BCUT2D eigenvalue weighted by Crippen LogP contribution is 2.33. The van der Waals surface area contributed by atoms with Gasteiger partial charge in [-0.1, -0.05) is 0 Å². The summed E-state index contributed by atoms with van der Waals surface area (Å²) in [6.45, 7) is -0.743. The van der Waals surface area contributed by atoms with Crippen LogP contribution >= 0.6 is 7.60 Å². The van der Waals surface area contributed by atoms with Gasteiger partial charge in [0.05, 0.1) is 5.30 Å². The Labute approximate surface area is 152 Å². The zero-order valence-electron chi connectivity index (χ0n) is 13.6. The molecule has 1 aliphatic heterocycles. The molecule has 0 aliphatic carbocycles. The van der Waals surface area contributed by atoms with Crippen molar-refractivity contribution in [3.05, 3.63) is 54.0 Å². The molecule has 1 fully saturated rings. The molecule has 2 heterocycles. The molecule has 3 rings (SSSR count). The number of nitrogens with one attached hydrogen (secondary N) is 1. The maximum absolute atomic E-state index is 12.2. The van der Waals surface area contributed by atoms with E-state index in [-0.39, 0.29) is 11.0 Å². The highest BCUT2D eigenvalue weighted by Gasteiger charge is 2.35. The molecule has 3 amide bonds. The summed E-state index contributed by atoms with van der Waals surface area (Å²) in [6, 6.07) is 8.11. The minimum atomic E-state index is -4.35. The number of rotatable bonds is 5. The lowest BCUT2D eigenvalue weighted by Crippen LogP contribution is -2.35. The van der Waals surface area contributed by atoms with Crippen molar-refractivity contribution in [1.82, 2.24) is 14.8 Å². The van der Waals surface area contributed by atoms with Crippen LogP contribution in [-0.2, 0) is 14.2 Å². The molecule has 0 spiro atoms. The van der Waals surface area contributed by atoms with Crippen LogP contribution < -0.4 is 10.6 Å². The number of hydrogen-bond donors (Lipinski definition) is 4. The lowest BCUT2D eigenvalue weighted by molar-refractivity contribution is -0.140. The topological polar surface area (TPSA) is 149 Å². The quantitative estimate of drug-likeness (QED) is 0.324. The second-order valence-electron chi connectivity index (χ2n) is 5.64. The Balaban J connectivity index is 1.91. The van der Waals surface area contributed by atoms with Gasteiger partial charge in [-0.25, -0.2) is 9.69 Å². The number of carbonyl (C=O) groups excluding carboxylic acids is 2. The number of benzene rings is 1. The predicted molar refractivity (Wildman–Crippen MR) is 93.3 cm³/mol. The smallest absolute Gasteiger partial charge is 0.356 e. The van der Waals surface area contributed by atoms with Crippen molar-refractivity contribution in [2.24, 2.45) is 0 Å². The van der Waals surface area contributed by atoms with Gasteiger partial charge in [-0.2, -0.15) is 0 Å². The summed E-state index contributed by atoms with van der Waals surface area (Å²) in [7, 11) is -4.35. The maximum atomic E-state index is 12.2. The number of aliphatic carboxylic acids is 1. The summed E-state index contributed by atoms with van der Waals surface area (Å²) in [6.07, 6.45) is 3.05. The molecule has 1 aromatic carbocycles. The first-order chi connectivity index (χ1) is 12.7. The lowest BCUT2D eigenvalue weighted by Gasteiger charge is -2.09. The standard InChI is InChI=1S/C16H14N3O7P/c20-14(21)9-19-15(22)13(17-16(19)23)8-11-2-1-7-18(11)10-3-5-12(6-4-10)27(24,25)26/h1-8H,9H2,(H,17,23)(H,20,21)(H2,24,25,26)/b13-8-. The van der Waals surface area contributed by atoms with E-state index in [2.05, 4.69) is 5.32 Å². The average molecular weight is 391 g/mol. The van der Waals surface area contributed by atoms with E-state index >= 15 is 0 Å². The summed E-state index contributed by atoms with van der Waals surface area (Å²) in [4.78, 5) is 53.6. The Hall–Kier alpha value is -3.20. The van der Waals surface area contributed by atoms with Gasteiger partial charge in [0.2, 0.25) is 0 Å². The monoisotopic (exact) mass is 391 g/mol. The Morgan fingerprint density at radius 1 is 1.15 bits per heavy atom. The van der Waals surface area contributed by atoms with E-state index in [0.717, 1.165) is 0 Å². The molecule has 27 heavy (non-hydrogen) atoms. The number of nitrogens with zero attached hydrogens (tertiary/aromatic N) is 2. The van der Waals surface area contributed by atoms with Crippen LogP contribution in [0.2, 0.25) is 0 Å². The fourth-order valence-corrected chi connectivity index (χ4v) is 3.09. The third-order valence-corrected chi connectivity index (χ3v) is 4.76. The lowest BCUT2D eigenvalue weighted by atomic mass is 10.2. The first-order valence-corrected chi connectivity index (χ1v) is 9.18. The fourth-order valence-electron chi connectivity index (χ4n) is 2.55. The van der Waals surface area contributed by atoms with E-state index in [1.54, 1.807) is 22.9 Å². The van der Waals surface area contributed by atoms with Crippen LogP contribution in [-0.4, -0.2) is 48.8 Å². The van der Waals surface area contributed by atoms with Crippen molar-refractivity contribution in [2.75, 3.05) is 6.54 Å². The van der Waals surface area contributed by atoms with E-state index in [1.165, 1.54) is 30.3 Å². The molecule has 4 N–H and O–H groups in total. The first-order valence-electron chi connectivity index (χ1n) is 7.57. The third kappa shape index (κ3) is 3.82. The SMILES string of the molecule is O=C(O)CN1C(=O)N/C(=C\c2cccn2-c2ccc(P(=O)(O)O)cc2)C1=O. The second kappa shape index (κ2) is 6.84. The second-order valence-corrected chi connectivity index (χ2v) is 7.24. The fraction of sp³-hybridized carbons (Fsp3) is 0.0625. The number of aromatic nitrogens is 1. The Morgan fingerprint density at radius 2 is 1.81 bits per heavy atom. The van der Waals surface area contributed by atoms with Crippen LogP contribution in [0.1, 0.15) is 5.69 Å². The number of imide groups is 1. The van der Waals surface area contributed by atoms with Gasteiger partial charge >= 0.3 is 19.6 Å². The summed E-state index contributed by atoms with van der Waals surface area (Å²) < 4.78 is 12.9. The van der Waals surface area contributed by atoms with Gasteiger partial charge < -0.3 is 24.8 Å². The van der Waals surface area contributed by atoms with Crippen molar-refractivity contribution in [3.8, 4) is 5.69 Å². The van der Waals surface area contributed by atoms with E-state index < -0.39 is 32.0 Å². The Morgan fingerprint density at radius 3 is 2.41 bits per heavy atom. The van der Waals surface area contributed by atoms with E-state index in [9.17, 15) is 18.9 Å². The van der Waals surface area contributed by atoms with Gasteiger partial charge in [-0.3, -0.25) is 14.2 Å². The van der Waals surface area contributed by atoms with Crippen molar-refractivity contribution in [2.45, 2.75) is 0 Å². The predicted octanol–water partition coefficient (Wildman–Crippen LogP) is 0.258. The van der Waals surface area contributed by atoms with Crippen molar-refractivity contribution in [3.63, 3.8) is 0 Å². The molecule has 0 unspecified atom stereocenters. The van der Waals surface area contributed by atoms with Crippen LogP contribution in [0.15, 0.2) is 48.3 Å². The molecular weight excluding hydrogens is 377 g/mol. The van der Waals surface area contributed by atoms with Gasteiger partial charge in [0, 0.05) is 17.6 Å². The van der Waals surface area contributed by atoms with Crippen molar-refractivity contribution < 1.29 is 33.8 Å². The van der Waals surface area contributed by atoms with Gasteiger partial charge in [0.15, 0.2) is 0 Å². The molecule has 11 heteroatoms. The average Bonchev–Trinajstić information content (AvgIpc) is 3.14. The number of hydrogen-bond acceptors (Lipinski definition) is 4. The molecule has 2 aromatic rings. The molecule has 0 bridgehead atoms. The van der Waals surface area contributed by atoms with Gasteiger partial charge in [-0.15, -0.1) is 0 Å². The summed E-state index contributed by atoms with van der Waals surface area (Å²) in [5.41, 5.74) is 0.996. The number of amides is 3. The zero-order chi connectivity index (χ0) is 19.8. The van der Waals surface area contributed by atoms with E-state index in [4.69, 9.17) is 14.9 Å². The highest BCUT2D eigenvalue weighted by molar-refractivity contribution is 7.60. The molecule has 1 aromatic heterocycles. The van der Waals surface area contributed by atoms with Crippen LogP contribution in [0.4, 0.5) is 4.79 Å². The molecule has 1 aliphatic rings. The normalized spacial score (nSPS) is 16.1. The van der Waals surface area contributed by atoms with Gasteiger partial charge in [0.1, 0.15) is 12.2 Å². The van der Waals surface area contributed by atoms with E-state index in [1.807, 2.05) is 0 Å². The molecule has 1 saturated heterocycles. The molecule has 0 radical (unpaired) electrons. The van der Waals surface area contributed by atoms with Gasteiger partial charge in [0.25, 0.3) is 5.91 Å². The minimum absolute atomic E-state index is 0.0759. The molecule has 0 saturated carbocycles. The molecular formula is C16H14N3O7P. The minimum Gasteiger partial charge on any atom is -0.480 e. The van der Waals surface area contributed by atoms with E-state index in [0.29, 0.717) is 16.3 Å². The number of carboxylic acids is 1. The molecule has 0 atom stereocenters. The maximum Gasteiger partial charge on any atom is 0.356 e. The number of carbonyl (C=O) groups is 3.